The lowest BCUT2D eigenvalue weighted by atomic mass is 10.1. The summed E-state index contributed by atoms with van der Waals surface area (Å²) in [6.07, 6.45) is 3.39. The van der Waals surface area contributed by atoms with E-state index in [4.69, 9.17) is 10.5 Å². The molecule has 0 heterocycles. The molecular formula is C16H28N2O. The van der Waals surface area contributed by atoms with Gasteiger partial charge in [-0.25, -0.2) is 0 Å². The zero-order chi connectivity index (χ0) is 14.1. The molecule has 108 valence electrons. The fourth-order valence-electron chi connectivity index (χ4n) is 1.86. The van der Waals surface area contributed by atoms with Gasteiger partial charge in [0.25, 0.3) is 0 Å². The zero-order valence-electron chi connectivity index (χ0n) is 12.5. The van der Waals surface area contributed by atoms with Crippen molar-refractivity contribution in [1.29, 1.82) is 0 Å². The molecule has 0 aliphatic heterocycles. The summed E-state index contributed by atoms with van der Waals surface area (Å²) in [4.78, 5) is 0. The fraction of sp³-hybridized carbons (Fsp3) is 0.625. The number of hydrogen-bond donors (Lipinski definition) is 2. The summed E-state index contributed by atoms with van der Waals surface area (Å²) in [6.45, 7) is 9.33. The SMILES string of the molecule is CCCNCCCc1ccc(OCC(C)C)c(N)c1. The third kappa shape index (κ3) is 6.48. The van der Waals surface area contributed by atoms with E-state index in [0.29, 0.717) is 12.5 Å². The summed E-state index contributed by atoms with van der Waals surface area (Å²) in [6, 6.07) is 6.15. The smallest absolute Gasteiger partial charge is 0.142 e. The van der Waals surface area contributed by atoms with Crippen molar-refractivity contribution in [3.8, 4) is 5.75 Å². The van der Waals surface area contributed by atoms with Gasteiger partial charge in [-0.1, -0.05) is 26.8 Å². The number of nitrogens with two attached hydrogens (primary N) is 1. The van der Waals surface area contributed by atoms with Crippen LogP contribution >= 0.6 is 0 Å². The number of hydrogen-bond acceptors (Lipinski definition) is 3. The number of nitrogen functional groups attached to an aromatic ring is 1. The molecule has 0 atom stereocenters. The zero-order valence-corrected chi connectivity index (χ0v) is 12.5. The molecular weight excluding hydrogens is 236 g/mol. The molecule has 1 aromatic carbocycles. The predicted octanol–water partition coefficient (Wildman–Crippen LogP) is 3.24. The molecule has 0 fully saturated rings. The highest BCUT2D eigenvalue weighted by Crippen LogP contribution is 2.23. The van der Waals surface area contributed by atoms with E-state index in [2.05, 4.69) is 32.2 Å². The molecule has 3 N–H and O–H groups in total. The lowest BCUT2D eigenvalue weighted by Crippen LogP contribution is -2.16. The van der Waals surface area contributed by atoms with Gasteiger partial charge in [0, 0.05) is 0 Å². The maximum atomic E-state index is 6.02. The van der Waals surface area contributed by atoms with Gasteiger partial charge in [0.1, 0.15) is 5.75 Å². The van der Waals surface area contributed by atoms with Gasteiger partial charge < -0.3 is 15.8 Å². The third-order valence-corrected chi connectivity index (χ3v) is 2.89. The van der Waals surface area contributed by atoms with Crippen molar-refractivity contribution in [2.75, 3.05) is 25.4 Å². The molecule has 0 aliphatic carbocycles. The molecule has 3 nitrogen and oxygen atoms in total. The lowest BCUT2D eigenvalue weighted by Gasteiger charge is -2.12. The van der Waals surface area contributed by atoms with Crippen LogP contribution in [0.4, 0.5) is 5.69 Å². The number of ether oxygens (including phenoxy) is 1. The van der Waals surface area contributed by atoms with Crippen molar-refractivity contribution in [2.24, 2.45) is 5.92 Å². The number of rotatable bonds is 9. The Morgan fingerprint density at radius 1 is 1.26 bits per heavy atom. The minimum atomic E-state index is 0.517. The monoisotopic (exact) mass is 264 g/mol. The van der Waals surface area contributed by atoms with Gasteiger partial charge >= 0.3 is 0 Å². The number of benzene rings is 1. The second-order valence-electron chi connectivity index (χ2n) is 5.43. The van der Waals surface area contributed by atoms with E-state index in [1.54, 1.807) is 0 Å². The first-order valence-electron chi connectivity index (χ1n) is 7.35. The van der Waals surface area contributed by atoms with Crippen molar-refractivity contribution < 1.29 is 4.74 Å². The van der Waals surface area contributed by atoms with Crippen LogP contribution in [0.5, 0.6) is 5.75 Å². The summed E-state index contributed by atoms with van der Waals surface area (Å²) in [7, 11) is 0. The topological polar surface area (TPSA) is 47.3 Å². The van der Waals surface area contributed by atoms with Crippen LogP contribution in [0.25, 0.3) is 0 Å². The van der Waals surface area contributed by atoms with E-state index in [0.717, 1.165) is 37.4 Å². The van der Waals surface area contributed by atoms with E-state index in [1.807, 2.05) is 12.1 Å². The van der Waals surface area contributed by atoms with Gasteiger partial charge in [0.05, 0.1) is 12.3 Å². The van der Waals surface area contributed by atoms with E-state index >= 15 is 0 Å². The quantitative estimate of drug-likeness (QED) is 0.532. The maximum Gasteiger partial charge on any atom is 0.142 e. The van der Waals surface area contributed by atoms with Crippen molar-refractivity contribution >= 4 is 5.69 Å². The Morgan fingerprint density at radius 3 is 2.68 bits per heavy atom. The molecule has 0 radical (unpaired) electrons. The first kappa shape index (κ1) is 15.8. The summed E-state index contributed by atoms with van der Waals surface area (Å²) >= 11 is 0. The van der Waals surface area contributed by atoms with Crippen LogP contribution in [0, 0.1) is 5.92 Å². The first-order chi connectivity index (χ1) is 9.13. The Kier molecular flexibility index (Phi) is 7.34. The first-order valence-corrected chi connectivity index (χ1v) is 7.35. The Hall–Kier alpha value is -1.22. The molecule has 3 heteroatoms. The highest BCUT2D eigenvalue weighted by molar-refractivity contribution is 5.54. The van der Waals surface area contributed by atoms with E-state index < -0.39 is 0 Å². The van der Waals surface area contributed by atoms with Gasteiger partial charge in [-0.2, -0.15) is 0 Å². The molecule has 1 rings (SSSR count). The van der Waals surface area contributed by atoms with Gasteiger partial charge in [-0.3, -0.25) is 0 Å². The van der Waals surface area contributed by atoms with Crippen LogP contribution in [-0.4, -0.2) is 19.7 Å². The Bertz CT molecular complexity index is 364. The van der Waals surface area contributed by atoms with Gasteiger partial charge in [0.2, 0.25) is 0 Å². The van der Waals surface area contributed by atoms with Gasteiger partial charge in [-0.15, -0.1) is 0 Å². The van der Waals surface area contributed by atoms with Crippen LogP contribution in [0.2, 0.25) is 0 Å². The second kappa shape index (κ2) is 8.81. The average molecular weight is 264 g/mol. The molecule has 0 aliphatic rings. The average Bonchev–Trinajstić information content (AvgIpc) is 2.37. The number of anilines is 1. The van der Waals surface area contributed by atoms with E-state index in [1.165, 1.54) is 12.0 Å². The number of aryl methyl sites for hydroxylation is 1. The second-order valence-corrected chi connectivity index (χ2v) is 5.43. The van der Waals surface area contributed by atoms with Crippen molar-refractivity contribution in [1.82, 2.24) is 5.32 Å². The molecule has 1 aromatic rings. The standard InChI is InChI=1S/C16H28N2O/c1-4-9-18-10-5-6-14-7-8-16(15(17)11-14)19-12-13(2)3/h7-8,11,13,18H,4-6,9-10,12,17H2,1-3H3. The molecule has 0 unspecified atom stereocenters. The van der Waals surface area contributed by atoms with Crippen LogP contribution in [-0.2, 0) is 6.42 Å². The van der Waals surface area contributed by atoms with Crippen molar-refractivity contribution in [3.63, 3.8) is 0 Å². The summed E-state index contributed by atoms with van der Waals surface area (Å²) < 4.78 is 5.67. The van der Waals surface area contributed by atoms with Crippen LogP contribution in [0.3, 0.4) is 0 Å². The minimum Gasteiger partial charge on any atom is -0.491 e. The minimum absolute atomic E-state index is 0.517. The largest absolute Gasteiger partial charge is 0.491 e. The van der Waals surface area contributed by atoms with Gasteiger partial charge in [-0.05, 0) is 56.0 Å². The fourth-order valence-corrected chi connectivity index (χ4v) is 1.86. The van der Waals surface area contributed by atoms with Crippen molar-refractivity contribution in [2.45, 2.75) is 40.0 Å². The maximum absolute atomic E-state index is 6.02. The molecule has 0 saturated heterocycles. The Labute approximate surface area is 117 Å². The summed E-state index contributed by atoms with van der Waals surface area (Å²) in [5, 5.41) is 3.41. The Morgan fingerprint density at radius 2 is 2.05 bits per heavy atom. The normalized spacial score (nSPS) is 10.9. The molecule has 0 spiro atoms. The van der Waals surface area contributed by atoms with E-state index in [-0.39, 0.29) is 0 Å². The van der Waals surface area contributed by atoms with Crippen LogP contribution in [0.1, 0.15) is 39.2 Å². The molecule has 0 aromatic heterocycles. The molecule has 0 bridgehead atoms. The molecule has 0 amide bonds. The Balaban J connectivity index is 2.38. The molecule has 0 saturated carbocycles. The summed E-state index contributed by atoms with van der Waals surface area (Å²) in [5.41, 5.74) is 8.05. The lowest BCUT2D eigenvalue weighted by molar-refractivity contribution is 0.272. The summed E-state index contributed by atoms with van der Waals surface area (Å²) in [5.74, 6) is 1.32. The molecule has 19 heavy (non-hydrogen) atoms. The third-order valence-electron chi connectivity index (χ3n) is 2.89. The van der Waals surface area contributed by atoms with Gasteiger partial charge in [0.15, 0.2) is 0 Å². The van der Waals surface area contributed by atoms with Crippen molar-refractivity contribution in [3.05, 3.63) is 23.8 Å². The highest BCUT2D eigenvalue weighted by Gasteiger charge is 2.03. The highest BCUT2D eigenvalue weighted by atomic mass is 16.5. The van der Waals surface area contributed by atoms with E-state index in [9.17, 15) is 0 Å². The number of nitrogens with one attached hydrogen (secondary N) is 1. The van der Waals surface area contributed by atoms with Crippen LogP contribution in [0.15, 0.2) is 18.2 Å². The van der Waals surface area contributed by atoms with Crippen LogP contribution < -0.4 is 15.8 Å². The predicted molar refractivity (Wildman–Crippen MR) is 82.7 cm³/mol.